The van der Waals surface area contributed by atoms with Gasteiger partial charge in [-0.05, 0) is 41.8 Å². The molecular formula is C16H15NO2. The van der Waals surface area contributed by atoms with Crippen LogP contribution in [0.4, 0.5) is 5.69 Å². The number of hydrogen-bond donors (Lipinski definition) is 1. The molecule has 0 unspecified atom stereocenters. The topological polar surface area (TPSA) is 38.3 Å². The first-order chi connectivity index (χ1) is 9.26. The third-order valence-electron chi connectivity index (χ3n) is 3.21. The van der Waals surface area contributed by atoms with Gasteiger partial charge in [-0.1, -0.05) is 24.3 Å². The molecule has 3 heteroatoms. The van der Waals surface area contributed by atoms with Crippen molar-refractivity contribution < 1.29 is 9.53 Å². The summed E-state index contributed by atoms with van der Waals surface area (Å²) in [5, 5.41) is 2.88. The van der Waals surface area contributed by atoms with E-state index in [0.29, 0.717) is 13.0 Å². The molecule has 96 valence electrons. The van der Waals surface area contributed by atoms with Crippen LogP contribution in [-0.2, 0) is 11.2 Å². The van der Waals surface area contributed by atoms with Crippen molar-refractivity contribution in [2.45, 2.75) is 13.3 Å². The van der Waals surface area contributed by atoms with Crippen LogP contribution in [0, 0.1) is 0 Å². The van der Waals surface area contributed by atoms with E-state index in [1.54, 1.807) is 0 Å². The number of ether oxygens (including phenoxy) is 1. The van der Waals surface area contributed by atoms with E-state index in [4.69, 9.17) is 4.74 Å². The molecule has 0 radical (unpaired) electrons. The minimum Gasteiger partial charge on any atom is -0.494 e. The van der Waals surface area contributed by atoms with Gasteiger partial charge in [-0.15, -0.1) is 0 Å². The average molecular weight is 253 g/mol. The highest BCUT2D eigenvalue weighted by Crippen LogP contribution is 2.30. The summed E-state index contributed by atoms with van der Waals surface area (Å²) in [5.74, 6) is 0.930. The monoisotopic (exact) mass is 253 g/mol. The van der Waals surface area contributed by atoms with Crippen molar-refractivity contribution in [1.82, 2.24) is 0 Å². The fraction of sp³-hybridized carbons (Fsp3) is 0.188. The van der Waals surface area contributed by atoms with Crippen LogP contribution in [0.15, 0.2) is 42.5 Å². The van der Waals surface area contributed by atoms with Crippen molar-refractivity contribution in [3.05, 3.63) is 48.0 Å². The van der Waals surface area contributed by atoms with Crippen LogP contribution in [0.5, 0.6) is 5.75 Å². The summed E-state index contributed by atoms with van der Waals surface area (Å²) in [5.41, 5.74) is 4.16. The standard InChI is InChI=1S/C16H15NO2/c1-2-19-14-5-3-4-11(8-14)12-6-7-13-10-16(18)17-15(13)9-12/h3-9H,2,10H2,1H3,(H,17,18). The first-order valence-electron chi connectivity index (χ1n) is 6.42. The zero-order valence-corrected chi connectivity index (χ0v) is 10.8. The van der Waals surface area contributed by atoms with E-state index >= 15 is 0 Å². The number of carbonyl (C=O) groups is 1. The summed E-state index contributed by atoms with van der Waals surface area (Å²) >= 11 is 0. The van der Waals surface area contributed by atoms with E-state index in [9.17, 15) is 4.79 Å². The van der Waals surface area contributed by atoms with Crippen LogP contribution in [0.3, 0.4) is 0 Å². The van der Waals surface area contributed by atoms with Crippen molar-refractivity contribution in [2.24, 2.45) is 0 Å². The summed E-state index contributed by atoms with van der Waals surface area (Å²) in [6, 6.07) is 14.1. The van der Waals surface area contributed by atoms with Crippen LogP contribution in [0.2, 0.25) is 0 Å². The van der Waals surface area contributed by atoms with Gasteiger partial charge in [0, 0.05) is 5.69 Å². The van der Waals surface area contributed by atoms with Crippen LogP contribution >= 0.6 is 0 Å². The Morgan fingerprint density at radius 2 is 2.00 bits per heavy atom. The Morgan fingerprint density at radius 1 is 1.16 bits per heavy atom. The molecule has 0 atom stereocenters. The van der Waals surface area contributed by atoms with E-state index in [2.05, 4.69) is 5.32 Å². The molecular weight excluding hydrogens is 238 g/mol. The fourth-order valence-corrected chi connectivity index (χ4v) is 2.33. The first-order valence-corrected chi connectivity index (χ1v) is 6.42. The third-order valence-corrected chi connectivity index (χ3v) is 3.21. The zero-order valence-electron chi connectivity index (χ0n) is 10.8. The normalized spacial score (nSPS) is 13.0. The van der Waals surface area contributed by atoms with Crippen LogP contribution in [0.1, 0.15) is 12.5 Å². The number of carbonyl (C=O) groups excluding carboxylic acids is 1. The van der Waals surface area contributed by atoms with E-state index in [0.717, 1.165) is 28.1 Å². The second-order valence-corrected chi connectivity index (χ2v) is 4.56. The van der Waals surface area contributed by atoms with Gasteiger partial charge in [0.05, 0.1) is 13.0 Å². The molecule has 0 fully saturated rings. The molecule has 0 spiro atoms. The summed E-state index contributed by atoms with van der Waals surface area (Å²) in [6.07, 6.45) is 0.481. The molecule has 0 bridgehead atoms. The molecule has 1 N–H and O–H groups in total. The Morgan fingerprint density at radius 3 is 2.84 bits per heavy atom. The van der Waals surface area contributed by atoms with Gasteiger partial charge in [-0.25, -0.2) is 0 Å². The average Bonchev–Trinajstić information content (AvgIpc) is 2.78. The maximum absolute atomic E-state index is 11.4. The van der Waals surface area contributed by atoms with Gasteiger partial charge in [0.1, 0.15) is 5.75 Å². The van der Waals surface area contributed by atoms with Gasteiger partial charge in [0.15, 0.2) is 0 Å². The van der Waals surface area contributed by atoms with Gasteiger partial charge in [-0.3, -0.25) is 4.79 Å². The third kappa shape index (κ3) is 2.32. The van der Waals surface area contributed by atoms with Gasteiger partial charge >= 0.3 is 0 Å². The predicted molar refractivity (Wildman–Crippen MR) is 75.4 cm³/mol. The Bertz CT molecular complexity index is 634. The molecule has 2 aromatic carbocycles. The quantitative estimate of drug-likeness (QED) is 0.911. The van der Waals surface area contributed by atoms with Crippen molar-refractivity contribution in [3.8, 4) is 16.9 Å². The van der Waals surface area contributed by atoms with E-state index in [1.807, 2.05) is 49.4 Å². The molecule has 0 saturated carbocycles. The van der Waals surface area contributed by atoms with Crippen LogP contribution in [0.25, 0.3) is 11.1 Å². The van der Waals surface area contributed by atoms with Gasteiger partial charge in [-0.2, -0.15) is 0 Å². The number of amides is 1. The largest absolute Gasteiger partial charge is 0.494 e. The molecule has 2 aromatic rings. The molecule has 1 heterocycles. The Hall–Kier alpha value is -2.29. The highest BCUT2D eigenvalue weighted by atomic mass is 16.5. The second kappa shape index (κ2) is 4.76. The Kier molecular flexibility index (Phi) is 2.95. The lowest BCUT2D eigenvalue weighted by Gasteiger charge is -2.08. The van der Waals surface area contributed by atoms with E-state index < -0.39 is 0 Å². The molecule has 0 aromatic heterocycles. The highest BCUT2D eigenvalue weighted by molar-refractivity contribution is 5.99. The molecule has 1 aliphatic heterocycles. The lowest BCUT2D eigenvalue weighted by Crippen LogP contribution is -2.03. The van der Waals surface area contributed by atoms with Crippen LogP contribution < -0.4 is 10.1 Å². The van der Waals surface area contributed by atoms with Crippen LogP contribution in [-0.4, -0.2) is 12.5 Å². The van der Waals surface area contributed by atoms with Gasteiger partial charge in [0.2, 0.25) is 5.91 Å². The number of benzene rings is 2. The lowest BCUT2D eigenvalue weighted by atomic mass is 10.0. The Labute approximate surface area is 112 Å². The molecule has 3 rings (SSSR count). The number of anilines is 1. The number of rotatable bonds is 3. The highest BCUT2D eigenvalue weighted by Gasteiger charge is 2.17. The van der Waals surface area contributed by atoms with Gasteiger partial charge in [0.25, 0.3) is 0 Å². The number of hydrogen-bond acceptors (Lipinski definition) is 2. The summed E-state index contributed by atoms with van der Waals surface area (Å²) in [6.45, 7) is 2.63. The molecule has 3 nitrogen and oxygen atoms in total. The molecule has 0 saturated heterocycles. The molecule has 0 aliphatic carbocycles. The molecule has 1 aliphatic rings. The fourth-order valence-electron chi connectivity index (χ4n) is 2.33. The second-order valence-electron chi connectivity index (χ2n) is 4.56. The van der Waals surface area contributed by atoms with Crippen molar-refractivity contribution in [1.29, 1.82) is 0 Å². The minimum absolute atomic E-state index is 0.0650. The van der Waals surface area contributed by atoms with E-state index in [1.165, 1.54) is 0 Å². The number of nitrogens with one attached hydrogen (secondary N) is 1. The SMILES string of the molecule is CCOc1cccc(-c2ccc3c(c2)NC(=O)C3)c1. The van der Waals surface area contributed by atoms with Crippen molar-refractivity contribution in [3.63, 3.8) is 0 Å². The van der Waals surface area contributed by atoms with Crippen molar-refractivity contribution in [2.75, 3.05) is 11.9 Å². The smallest absolute Gasteiger partial charge is 0.228 e. The maximum atomic E-state index is 11.4. The first kappa shape index (κ1) is 11.8. The molecule has 1 amide bonds. The summed E-state index contributed by atoms with van der Waals surface area (Å²) in [4.78, 5) is 11.4. The Balaban J connectivity index is 1.96. The summed E-state index contributed by atoms with van der Waals surface area (Å²) < 4.78 is 5.51. The lowest BCUT2D eigenvalue weighted by molar-refractivity contribution is -0.115. The zero-order chi connectivity index (χ0) is 13.2. The predicted octanol–water partition coefficient (Wildman–Crippen LogP) is 3.25. The van der Waals surface area contributed by atoms with Gasteiger partial charge < -0.3 is 10.1 Å². The minimum atomic E-state index is 0.0650. The molecule has 19 heavy (non-hydrogen) atoms. The van der Waals surface area contributed by atoms with Crippen molar-refractivity contribution >= 4 is 11.6 Å². The maximum Gasteiger partial charge on any atom is 0.228 e. The number of fused-ring (bicyclic) bond motifs is 1. The van der Waals surface area contributed by atoms with E-state index in [-0.39, 0.29) is 5.91 Å². The summed E-state index contributed by atoms with van der Waals surface area (Å²) in [7, 11) is 0.